The van der Waals surface area contributed by atoms with Crippen LogP contribution in [-0.2, 0) is 23.9 Å². The average molecular weight is 920 g/mol. The highest BCUT2D eigenvalue weighted by molar-refractivity contribution is 5.76. The van der Waals surface area contributed by atoms with Gasteiger partial charge in [0.05, 0.1) is 13.2 Å². The van der Waals surface area contributed by atoms with Crippen molar-refractivity contribution < 1.29 is 23.9 Å². The van der Waals surface area contributed by atoms with Gasteiger partial charge >= 0.3 is 11.9 Å². The predicted molar refractivity (Wildman–Crippen MR) is 281 cm³/mol. The van der Waals surface area contributed by atoms with Crippen molar-refractivity contribution in [2.75, 3.05) is 40.4 Å². The summed E-state index contributed by atoms with van der Waals surface area (Å²) in [5.41, 5.74) is 0. The molecule has 386 valence electrons. The van der Waals surface area contributed by atoms with E-state index in [-0.39, 0.29) is 11.9 Å². The third-order valence-corrected chi connectivity index (χ3v) is 14.2. The summed E-state index contributed by atoms with van der Waals surface area (Å²) in [6.07, 6.45) is 47.2. The molecule has 2 unspecified atom stereocenters. The summed E-state index contributed by atoms with van der Waals surface area (Å²) in [5, 5.41) is 0. The molecule has 7 heteroatoms. The fourth-order valence-corrected chi connectivity index (χ4v) is 9.45. The van der Waals surface area contributed by atoms with E-state index < -0.39 is 0 Å². The quantitative estimate of drug-likeness (QED) is 0.0447. The molecule has 7 nitrogen and oxygen atoms in total. The molecule has 0 heterocycles. The summed E-state index contributed by atoms with van der Waals surface area (Å²) in [6, 6.07) is 0.308. The van der Waals surface area contributed by atoms with Crippen molar-refractivity contribution in [3.63, 3.8) is 0 Å². The molecule has 1 amide bonds. The fraction of sp³-hybridized carbons (Fsp3) is 0.948. The Hall–Kier alpha value is -1.63. The van der Waals surface area contributed by atoms with Gasteiger partial charge in [-0.1, -0.05) is 208 Å². The highest BCUT2D eigenvalue weighted by Crippen LogP contribution is 2.22. The molecule has 0 fully saturated rings. The van der Waals surface area contributed by atoms with Gasteiger partial charge < -0.3 is 19.3 Å². The Kier molecular flexibility index (Phi) is 47.6. The van der Waals surface area contributed by atoms with Crippen LogP contribution in [-0.4, -0.2) is 74.1 Å². The first kappa shape index (κ1) is 63.4. The zero-order chi connectivity index (χ0) is 47.9. The van der Waals surface area contributed by atoms with E-state index in [0.29, 0.717) is 56.3 Å². The van der Waals surface area contributed by atoms with Gasteiger partial charge in [0.15, 0.2) is 0 Å². The SMILES string of the molecule is CCCCCCCCN(C)CCCCC(=O)N(C)C(CCCCCCCCC(=O)OCC(CCCC)CCCCCC)CCCCCCCCC(=O)OCC(CCCC)CCCCCC. The number of rotatable bonds is 51. The molecule has 0 aliphatic carbocycles. The van der Waals surface area contributed by atoms with E-state index in [1.807, 2.05) is 0 Å². The van der Waals surface area contributed by atoms with Crippen molar-refractivity contribution >= 4 is 17.8 Å². The topological polar surface area (TPSA) is 76.2 Å². The number of hydrogen-bond donors (Lipinski definition) is 0. The maximum absolute atomic E-state index is 13.5. The summed E-state index contributed by atoms with van der Waals surface area (Å²) >= 11 is 0. The first-order chi connectivity index (χ1) is 31.7. The van der Waals surface area contributed by atoms with Gasteiger partial charge in [0.2, 0.25) is 5.91 Å². The number of esters is 2. The van der Waals surface area contributed by atoms with Crippen molar-refractivity contribution in [3.05, 3.63) is 0 Å². The monoisotopic (exact) mass is 919 g/mol. The Labute approximate surface area is 406 Å². The highest BCUT2D eigenvalue weighted by atomic mass is 16.5. The predicted octanol–water partition coefficient (Wildman–Crippen LogP) is 17.2. The zero-order valence-corrected chi connectivity index (χ0v) is 45.0. The Morgan fingerprint density at radius 3 is 1.09 bits per heavy atom. The van der Waals surface area contributed by atoms with Crippen molar-refractivity contribution in [2.45, 2.75) is 304 Å². The van der Waals surface area contributed by atoms with Crippen LogP contribution in [0.15, 0.2) is 0 Å². The molecule has 0 aromatic rings. The van der Waals surface area contributed by atoms with Gasteiger partial charge in [0.1, 0.15) is 0 Å². The minimum absolute atomic E-state index is 0.00893. The summed E-state index contributed by atoms with van der Waals surface area (Å²) in [4.78, 5) is 43.1. The van der Waals surface area contributed by atoms with Crippen LogP contribution >= 0.6 is 0 Å². The third-order valence-electron chi connectivity index (χ3n) is 14.2. The lowest BCUT2D eigenvalue weighted by Gasteiger charge is -2.29. The Morgan fingerprint density at radius 2 is 0.662 bits per heavy atom. The molecule has 65 heavy (non-hydrogen) atoms. The summed E-state index contributed by atoms with van der Waals surface area (Å²) < 4.78 is 11.5. The highest BCUT2D eigenvalue weighted by Gasteiger charge is 2.20. The van der Waals surface area contributed by atoms with Crippen LogP contribution in [0, 0.1) is 11.8 Å². The van der Waals surface area contributed by atoms with Crippen molar-refractivity contribution in [1.82, 2.24) is 9.80 Å². The first-order valence-corrected chi connectivity index (χ1v) is 29.0. The second-order valence-corrected chi connectivity index (χ2v) is 20.6. The number of nitrogens with zero attached hydrogens (tertiary/aromatic N) is 2. The van der Waals surface area contributed by atoms with Crippen LogP contribution in [0.1, 0.15) is 298 Å². The number of carbonyl (C=O) groups excluding carboxylic acids is 3. The van der Waals surface area contributed by atoms with Gasteiger partial charge in [0, 0.05) is 32.4 Å². The molecule has 0 saturated carbocycles. The molecule has 0 aromatic carbocycles. The second-order valence-electron chi connectivity index (χ2n) is 20.6. The van der Waals surface area contributed by atoms with E-state index in [0.717, 1.165) is 83.6 Å². The van der Waals surface area contributed by atoms with Crippen LogP contribution < -0.4 is 0 Å². The molecular weight excluding hydrogens is 805 g/mol. The number of ether oxygens (including phenoxy) is 2. The van der Waals surface area contributed by atoms with Gasteiger partial charge in [-0.05, 0) is 103 Å². The van der Waals surface area contributed by atoms with Crippen LogP contribution in [0.5, 0.6) is 0 Å². The fourth-order valence-electron chi connectivity index (χ4n) is 9.45. The number of amides is 1. The molecule has 0 aromatic heterocycles. The maximum Gasteiger partial charge on any atom is 0.305 e. The van der Waals surface area contributed by atoms with E-state index in [9.17, 15) is 14.4 Å². The van der Waals surface area contributed by atoms with Gasteiger partial charge in [-0.15, -0.1) is 0 Å². The Bertz CT molecular complexity index is 982. The standard InChI is InChI=1S/C58H114N2O5/c1-8-13-18-21-30-38-49-59(6)50-39-37-46-56(61)60(7)55(44-33-26-22-24-28-35-47-57(62)64-51-53(40-16-11-4)42-31-19-14-9-2)45-34-27-23-25-29-36-48-58(63)65-52-54(41-17-12-5)43-32-20-15-10-3/h53-55H,8-52H2,1-7H3. The molecule has 0 aliphatic heterocycles. The number of carbonyl (C=O) groups is 3. The summed E-state index contributed by atoms with van der Waals surface area (Å²) in [5.74, 6) is 1.35. The van der Waals surface area contributed by atoms with Gasteiger partial charge in [-0.2, -0.15) is 0 Å². The minimum Gasteiger partial charge on any atom is -0.465 e. The van der Waals surface area contributed by atoms with Crippen LogP contribution in [0.2, 0.25) is 0 Å². The number of hydrogen-bond acceptors (Lipinski definition) is 6. The first-order valence-electron chi connectivity index (χ1n) is 29.0. The molecule has 0 saturated heterocycles. The smallest absolute Gasteiger partial charge is 0.305 e. The largest absolute Gasteiger partial charge is 0.465 e. The Balaban J connectivity index is 4.69. The van der Waals surface area contributed by atoms with Crippen molar-refractivity contribution in [3.8, 4) is 0 Å². The zero-order valence-electron chi connectivity index (χ0n) is 45.0. The lowest BCUT2D eigenvalue weighted by molar-refractivity contribution is -0.146. The molecule has 0 aliphatic rings. The lowest BCUT2D eigenvalue weighted by atomic mass is 9.96. The van der Waals surface area contributed by atoms with E-state index in [4.69, 9.17) is 9.47 Å². The molecule has 0 rings (SSSR count). The Morgan fingerprint density at radius 1 is 0.354 bits per heavy atom. The average Bonchev–Trinajstić information content (AvgIpc) is 3.30. The molecule has 0 radical (unpaired) electrons. The molecule has 0 spiro atoms. The molecule has 0 N–H and O–H groups in total. The van der Waals surface area contributed by atoms with Gasteiger partial charge in [0.25, 0.3) is 0 Å². The molecule has 0 bridgehead atoms. The van der Waals surface area contributed by atoms with Gasteiger partial charge in [-0.3, -0.25) is 14.4 Å². The van der Waals surface area contributed by atoms with Crippen LogP contribution in [0.25, 0.3) is 0 Å². The van der Waals surface area contributed by atoms with Gasteiger partial charge in [-0.25, -0.2) is 0 Å². The second kappa shape index (κ2) is 48.8. The van der Waals surface area contributed by atoms with Crippen LogP contribution in [0.3, 0.4) is 0 Å². The van der Waals surface area contributed by atoms with Crippen molar-refractivity contribution in [1.29, 1.82) is 0 Å². The number of unbranched alkanes of at least 4 members (excludes halogenated alkanes) is 24. The normalized spacial score (nSPS) is 13.0. The van der Waals surface area contributed by atoms with E-state index in [1.165, 1.54) is 173 Å². The summed E-state index contributed by atoms with van der Waals surface area (Å²) in [6.45, 7) is 14.7. The van der Waals surface area contributed by atoms with E-state index in [2.05, 4.69) is 58.5 Å². The molecule has 2 atom stereocenters. The van der Waals surface area contributed by atoms with E-state index >= 15 is 0 Å². The van der Waals surface area contributed by atoms with E-state index in [1.54, 1.807) is 0 Å². The minimum atomic E-state index is -0.00893. The van der Waals surface area contributed by atoms with Crippen molar-refractivity contribution in [2.24, 2.45) is 11.8 Å². The van der Waals surface area contributed by atoms with Crippen LogP contribution in [0.4, 0.5) is 0 Å². The third kappa shape index (κ3) is 42.2. The molecular formula is C58H114N2O5. The maximum atomic E-state index is 13.5. The summed E-state index contributed by atoms with van der Waals surface area (Å²) in [7, 11) is 4.30. The lowest BCUT2D eigenvalue weighted by Crippen LogP contribution is -2.37.